The predicted molar refractivity (Wildman–Crippen MR) is 108 cm³/mol. The van der Waals surface area contributed by atoms with E-state index in [4.69, 9.17) is 4.74 Å². The van der Waals surface area contributed by atoms with Crippen molar-refractivity contribution in [2.45, 2.75) is 31.4 Å². The fourth-order valence-electron chi connectivity index (χ4n) is 3.52. The average Bonchev–Trinajstić information content (AvgIpc) is 2.72. The number of hydrogen-bond acceptors (Lipinski definition) is 5. The third-order valence-electron chi connectivity index (χ3n) is 5.11. The summed E-state index contributed by atoms with van der Waals surface area (Å²) in [4.78, 5) is 20.6. The van der Waals surface area contributed by atoms with E-state index in [1.54, 1.807) is 11.1 Å². The van der Waals surface area contributed by atoms with Crippen molar-refractivity contribution in [2.75, 3.05) is 33.3 Å². The van der Waals surface area contributed by atoms with Crippen molar-refractivity contribution in [3.8, 4) is 5.75 Å². The number of likely N-dealkylation sites (tertiary alicyclic amines) is 1. The fraction of sp³-hybridized carbons (Fsp3) is 0.455. The van der Waals surface area contributed by atoms with Crippen LogP contribution >= 0.6 is 0 Å². The Bertz CT molecular complexity index is 788. The van der Waals surface area contributed by atoms with Gasteiger partial charge in [-0.25, -0.2) is 4.39 Å². The SMILES string of the molecule is CN(CCC(=O)N1CCCC(O)(COc2ccc(F)cc2)C1)Cc1cccnc1. The number of benzene rings is 1. The van der Waals surface area contributed by atoms with E-state index in [9.17, 15) is 14.3 Å². The van der Waals surface area contributed by atoms with Gasteiger partial charge in [-0.3, -0.25) is 9.78 Å². The molecule has 3 rings (SSSR count). The lowest BCUT2D eigenvalue weighted by atomic mass is 9.93. The lowest BCUT2D eigenvalue weighted by Gasteiger charge is -2.39. The maximum absolute atomic E-state index is 13.0. The number of carbonyl (C=O) groups is 1. The fourth-order valence-corrected chi connectivity index (χ4v) is 3.52. The molecule has 2 aromatic rings. The molecule has 1 amide bonds. The van der Waals surface area contributed by atoms with E-state index in [0.717, 1.165) is 18.5 Å². The zero-order valence-corrected chi connectivity index (χ0v) is 16.8. The Hall–Kier alpha value is -2.51. The number of halogens is 1. The lowest BCUT2D eigenvalue weighted by Crippen LogP contribution is -2.53. The number of amides is 1. The highest BCUT2D eigenvalue weighted by atomic mass is 19.1. The molecule has 0 radical (unpaired) electrons. The molecular weight excluding hydrogens is 373 g/mol. The molecule has 6 nitrogen and oxygen atoms in total. The lowest BCUT2D eigenvalue weighted by molar-refractivity contribution is -0.140. The summed E-state index contributed by atoms with van der Waals surface area (Å²) in [7, 11) is 1.98. The van der Waals surface area contributed by atoms with Crippen molar-refractivity contribution >= 4 is 5.91 Å². The van der Waals surface area contributed by atoms with Crippen LogP contribution in [0, 0.1) is 5.82 Å². The molecule has 0 saturated carbocycles. The zero-order chi connectivity index (χ0) is 20.7. The molecule has 1 fully saturated rings. The van der Waals surface area contributed by atoms with E-state index in [1.165, 1.54) is 24.3 Å². The molecule has 1 saturated heterocycles. The Morgan fingerprint density at radius 2 is 2.14 bits per heavy atom. The van der Waals surface area contributed by atoms with E-state index in [2.05, 4.69) is 9.88 Å². The van der Waals surface area contributed by atoms with Gasteiger partial charge in [-0.2, -0.15) is 0 Å². The first kappa shape index (κ1) is 21.2. The molecular formula is C22H28FN3O3. The summed E-state index contributed by atoms with van der Waals surface area (Å²) in [5.41, 5.74) is 0.0110. The van der Waals surface area contributed by atoms with Crippen LogP contribution in [0.3, 0.4) is 0 Å². The number of hydrogen-bond donors (Lipinski definition) is 1. The van der Waals surface area contributed by atoms with Crippen LogP contribution in [-0.4, -0.2) is 64.7 Å². The first-order valence-electron chi connectivity index (χ1n) is 9.89. The van der Waals surface area contributed by atoms with Crippen molar-refractivity contribution in [3.05, 3.63) is 60.2 Å². The molecule has 1 atom stereocenters. The minimum absolute atomic E-state index is 0.0305. The minimum Gasteiger partial charge on any atom is -0.491 e. The average molecular weight is 401 g/mol. The van der Waals surface area contributed by atoms with Gasteiger partial charge in [0.1, 0.15) is 23.8 Å². The maximum atomic E-state index is 13.0. The van der Waals surface area contributed by atoms with Crippen molar-refractivity contribution < 1.29 is 19.0 Å². The first-order valence-corrected chi connectivity index (χ1v) is 9.89. The molecule has 156 valence electrons. The van der Waals surface area contributed by atoms with Crippen molar-refractivity contribution in [1.29, 1.82) is 0 Å². The van der Waals surface area contributed by atoms with Gasteiger partial charge >= 0.3 is 0 Å². The van der Waals surface area contributed by atoms with Crippen LogP contribution in [0.1, 0.15) is 24.8 Å². The van der Waals surface area contributed by atoms with Gasteiger partial charge in [-0.05, 0) is 55.8 Å². The Labute approximate surface area is 170 Å². The largest absolute Gasteiger partial charge is 0.491 e. The standard InChI is InChI=1S/C22H28FN3O3/c1-25(15-18-4-2-11-24-14-18)13-9-21(27)26-12-3-10-22(28,16-26)17-29-20-7-5-19(23)6-8-20/h2,4-8,11,14,28H,3,9-10,12-13,15-17H2,1H3. The van der Waals surface area contributed by atoms with Crippen LogP contribution in [0.5, 0.6) is 5.75 Å². The number of pyridine rings is 1. The van der Waals surface area contributed by atoms with Gasteiger partial charge in [0.15, 0.2) is 0 Å². The molecule has 0 bridgehead atoms. The van der Waals surface area contributed by atoms with Gasteiger partial charge in [-0.15, -0.1) is 0 Å². The molecule has 0 spiro atoms. The summed E-state index contributed by atoms with van der Waals surface area (Å²) in [6.07, 6.45) is 5.25. The first-order chi connectivity index (χ1) is 13.9. The Morgan fingerprint density at radius 3 is 2.86 bits per heavy atom. The number of rotatable bonds is 8. The molecule has 29 heavy (non-hydrogen) atoms. The quantitative estimate of drug-likeness (QED) is 0.736. The number of ether oxygens (including phenoxy) is 1. The third-order valence-corrected chi connectivity index (χ3v) is 5.11. The van der Waals surface area contributed by atoms with E-state index in [1.807, 2.05) is 25.4 Å². The summed E-state index contributed by atoms with van der Waals surface area (Å²) >= 11 is 0. The number of β-amino-alcohol motifs (C(OH)–C–C–N with tert-alkyl or cyclic N) is 1. The second-order valence-electron chi connectivity index (χ2n) is 7.73. The van der Waals surface area contributed by atoms with Crippen LogP contribution < -0.4 is 4.74 Å². The molecule has 0 aliphatic carbocycles. The molecule has 1 aliphatic heterocycles. The second-order valence-corrected chi connectivity index (χ2v) is 7.73. The van der Waals surface area contributed by atoms with Gasteiger partial charge < -0.3 is 19.6 Å². The summed E-state index contributed by atoms with van der Waals surface area (Å²) in [6, 6.07) is 9.61. The van der Waals surface area contributed by atoms with Crippen LogP contribution in [-0.2, 0) is 11.3 Å². The topological polar surface area (TPSA) is 65.9 Å². The summed E-state index contributed by atoms with van der Waals surface area (Å²) < 4.78 is 18.6. The Balaban J connectivity index is 1.46. The number of aromatic nitrogens is 1. The minimum atomic E-state index is -1.09. The molecule has 1 N–H and O–H groups in total. The highest BCUT2D eigenvalue weighted by molar-refractivity contribution is 5.76. The number of carbonyl (C=O) groups excluding carboxylic acids is 1. The van der Waals surface area contributed by atoms with E-state index in [0.29, 0.717) is 31.7 Å². The van der Waals surface area contributed by atoms with Crippen LogP contribution in [0.15, 0.2) is 48.8 Å². The monoisotopic (exact) mass is 401 g/mol. The van der Waals surface area contributed by atoms with Crippen molar-refractivity contribution in [3.63, 3.8) is 0 Å². The van der Waals surface area contributed by atoms with Gasteiger partial charge in [0, 0.05) is 38.4 Å². The highest BCUT2D eigenvalue weighted by Crippen LogP contribution is 2.23. The van der Waals surface area contributed by atoms with Crippen molar-refractivity contribution in [2.24, 2.45) is 0 Å². The van der Waals surface area contributed by atoms with Crippen molar-refractivity contribution in [1.82, 2.24) is 14.8 Å². The van der Waals surface area contributed by atoms with Crippen LogP contribution in [0.2, 0.25) is 0 Å². The zero-order valence-electron chi connectivity index (χ0n) is 16.8. The smallest absolute Gasteiger partial charge is 0.223 e. The van der Waals surface area contributed by atoms with Crippen LogP contribution in [0.4, 0.5) is 4.39 Å². The molecule has 1 aromatic heterocycles. The summed E-state index contributed by atoms with van der Waals surface area (Å²) in [6.45, 7) is 2.33. The number of piperidine rings is 1. The number of aliphatic hydroxyl groups is 1. The predicted octanol–water partition coefficient (Wildman–Crippen LogP) is 2.48. The maximum Gasteiger partial charge on any atom is 0.223 e. The molecule has 1 unspecified atom stereocenters. The van der Waals surface area contributed by atoms with Gasteiger partial charge in [-0.1, -0.05) is 6.07 Å². The van der Waals surface area contributed by atoms with E-state index in [-0.39, 0.29) is 24.9 Å². The Kier molecular flexibility index (Phi) is 7.17. The Morgan fingerprint density at radius 1 is 1.34 bits per heavy atom. The molecule has 1 aliphatic rings. The molecule has 1 aromatic carbocycles. The van der Waals surface area contributed by atoms with Gasteiger partial charge in [0.25, 0.3) is 0 Å². The van der Waals surface area contributed by atoms with E-state index >= 15 is 0 Å². The molecule has 7 heteroatoms. The highest BCUT2D eigenvalue weighted by Gasteiger charge is 2.36. The summed E-state index contributed by atoms with van der Waals surface area (Å²) in [5.74, 6) is 0.197. The van der Waals surface area contributed by atoms with Gasteiger partial charge in [0.05, 0.1) is 6.54 Å². The van der Waals surface area contributed by atoms with Gasteiger partial charge in [0.2, 0.25) is 5.91 Å². The normalized spacial score (nSPS) is 19.4. The number of nitrogens with zero attached hydrogens (tertiary/aromatic N) is 3. The second kappa shape index (κ2) is 9.80. The molecule has 2 heterocycles. The van der Waals surface area contributed by atoms with Crippen LogP contribution in [0.25, 0.3) is 0 Å². The third kappa shape index (κ3) is 6.51. The van der Waals surface area contributed by atoms with E-state index < -0.39 is 5.60 Å². The summed E-state index contributed by atoms with van der Waals surface area (Å²) in [5, 5.41) is 10.9.